The summed E-state index contributed by atoms with van der Waals surface area (Å²) in [6.45, 7) is 2.49. The molecule has 3 atom stereocenters. The molecule has 0 spiro atoms. The van der Waals surface area contributed by atoms with E-state index in [1.165, 1.54) is 7.11 Å². The van der Waals surface area contributed by atoms with E-state index >= 15 is 0 Å². The number of nitrogens with zero attached hydrogens (tertiary/aromatic N) is 3. The predicted octanol–water partition coefficient (Wildman–Crippen LogP) is 5.44. The molecule has 0 aromatic heterocycles. The number of anilines is 3. The highest BCUT2D eigenvalue weighted by Gasteiger charge is 2.52. The van der Waals surface area contributed by atoms with Crippen molar-refractivity contribution >= 4 is 45.6 Å². The molecule has 7 rings (SSSR count). The molecule has 4 aromatic rings. The fourth-order valence-electron chi connectivity index (χ4n) is 7.34. The van der Waals surface area contributed by atoms with Crippen molar-refractivity contribution in [3.63, 3.8) is 0 Å². The van der Waals surface area contributed by atoms with Crippen LogP contribution >= 0.6 is 0 Å². The minimum Gasteiger partial charge on any atom is -0.497 e. The second-order valence-electron chi connectivity index (χ2n) is 12.5. The second-order valence-corrected chi connectivity index (χ2v) is 12.5. The van der Waals surface area contributed by atoms with Gasteiger partial charge in [0.15, 0.2) is 5.60 Å². The fraction of sp³-hybridized carbons (Fsp3) is 0.289. The van der Waals surface area contributed by atoms with Crippen LogP contribution in [0.2, 0.25) is 0 Å². The molecule has 1 fully saturated rings. The molecule has 3 aliphatic rings. The molecule has 2 N–H and O–H groups in total. The normalized spacial score (nSPS) is 20.9. The zero-order valence-electron chi connectivity index (χ0n) is 26.4. The quantitative estimate of drug-likeness (QED) is 0.238. The Labute approximate surface area is 273 Å². The van der Waals surface area contributed by atoms with Gasteiger partial charge in [0.05, 0.1) is 43.2 Å². The summed E-state index contributed by atoms with van der Waals surface area (Å²) in [4.78, 5) is 45.6. The van der Waals surface area contributed by atoms with E-state index < -0.39 is 17.4 Å². The zero-order chi connectivity index (χ0) is 32.9. The number of likely N-dealkylation sites (tertiary alicyclic amines) is 1. The lowest BCUT2D eigenvalue weighted by molar-refractivity contribution is -0.139. The number of aliphatic hydroxyl groups excluding tert-OH is 1. The van der Waals surface area contributed by atoms with E-state index in [2.05, 4.69) is 0 Å². The molecule has 0 bridgehead atoms. The van der Waals surface area contributed by atoms with Crippen LogP contribution in [0.15, 0.2) is 91.0 Å². The van der Waals surface area contributed by atoms with Gasteiger partial charge in [0.25, 0.3) is 11.8 Å². The van der Waals surface area contributed by atoms with Gasteiger partial charge in [0.1, 0.15) is 5.75 Å². The first kappa shape index (κ1) is 30.7. The Morgan fingerprint density at radius 2 is 1.83 bits per heavy atom. The lowest BCUT2D eigenvalue weighted by Crippen LogP contribution is -2.44. The first-order chi connectivity index (χ1) is 22.8. The standard InChI is InChI=1S/C38H37N3O6/c1-24(8-3-16-34(43)39-19-7-13-28(39)23-42)38(46)31-21-29(47-2)17-18-32(31)40(37(38)45)22-25-9-4-12-27(20-25)41-33-15-6-11-26-10-5-14-30(35(26)33)36(41)44/h3-6,8-12,14-15,17-18,20-21,24,28,42,46H,7,13,16,19,22-23H2,1-2H3/b8-3+/t24-,28-,38+/m0/s1. The fourth-order valence-corrected chi connectivity index (χ4v) is 7.34. The molecule has 9 nitrogen and oxygen atoms in total. The number of fused-ring (bicyclic) bond motifs is 1. The molecule has 3 aliphatic heterocycles. The van der Waals surface area contributed by atoms with E-state index in [4.69, 9.17) is 4.74 Å². The Kier molecular flexibility index (Phi) is 7.82. The third-order valence-corrected chi connectivity index (χ3v) is 9.83. The van der Waals surface area contributed by atoms with Crippen molar-refractivity contribution < 1.29 is 29.3 Å². The van der Waals surface area contributed by atoms with Crippen molar-refractivity contribution in [3.05, 3.63) is 108 Å². The molecule has 240 valence electrons. The van der Waals surface area contributed by atoms with E-state index in [1.807, 2.05) is 60.7 Å². The molecule has 9 heteroatoms. The molecule has 47 heavy (non-hydrogen) atoms. The van der Waals surface area contributed by atoms with Crippen LogP contribution in [-0.4, -0.2) is 59.1 Å². The van der Waals surface area contributed by atoms with Crippen molar-refractivity contribution in [1.82, 2.24) is 4.90 Å². The molecule has 4 aromatic carbocycles. The van der Waals surface area contributed by atoms with Crippen LogP contribution in [0.1, 0.15) is 47.7 Å². The summed E-state index contributed by atoms with van der Waals surface area (Å²) < 4.78 is 5.46. The summed E-state index contributed by atoms with van der Waals surface area (Å²) in [6.07, 6.45) is 5.17. The van der Waals surface area contributed by atoms with Crippen molar-refractivity contribution in [2.45, 2.75) is 44.4 Å². The first-order valence-corrected chi connectivity index (χ1v) is 16.0. The summed E-state index contributed by atoms with van der Waals surface area (Å²) in [5, 5.41) is 23.7. The third-order valence-electron chi connectivity index (χ3n) is 9.83. The Morgan fingerprint density at radius 3 is 2.62 bits per heavy atom. The molecule has 0 aliphatic carbocycles. The largest absolute Gasteiger partial charge is 0.497 e. The van der Waals surface area contributed by atoms with E-state index in [0.29, 0.717) is 34.8 Å². The van der Waals surface area contributed by atoms with Crippen LogP contribution in [-0.2, 0) is 21.7 Å². The van der Waals surface area contributed by atoms with Crippen LogP contribution in [0.25, 0.3) is 10.8 Å². The summed E-state index contributed by atoms with van der Waals surface area (Å²) in [5.41, 5.74) is 2.05. The van der Waals surface area contributed by atoms with Gasteiger partial charge in [0, 0.05) is 35.5 Å². The maximum Gasteiger partial charge on any atom is 0.264 e. The van der Waals surface area contributed by atoms with Crippen LogP contribution < -0.4 is 14.5 Å². The number of hydrogen-bond acceptors (Lipinski definition) is 6. The number of amides is 3. The second kappa shape index (κ2) is 12.0. The number of methoxy groups -OCH3 is 1. The Balaban J connectivity index is 1.16. The highest BCUT2D eigenvalue weighted by atomic mass is 16.5. The van der Waals surface area contributed by atoms with Crippen molar-refractivity contribution in [3.8, 4) is 5.75 Å². The van der Waals surface area contributed by atoms with Crippen LogP contribution in [0.5, 0.6) is 5.75 Å². The van der Waals surface area contributed by atoms with Gasteiger partial charge in [0.2, 0.25) is 5.91 Å². The number of benzene rings is 4. The maximum atomic E-state index is 14.2. The van der Waals surface area contributed by atoms with Crippen molar-refractivity contribution in [2.24, 2.45) is 5.92 Å². The Bertz CT molecular complexity index is 1930. The SMILES string of the molecule is COc1ccc2c(c1)[C@](O)([C@@H](C)/C=C/CC(=O)N1CCC[C@H]1CO)C(=O)N2Cc1cccc(N2C(=O)c3cccc4cccc2c34)c1. The molecule has 0 unspecified atom stereocenters. The highest BCUT2D eigenvalue weighted by molar-refractivity contribution is 6.27. The molecule has 0 radical (unpaired) electrons. The predicted molar refractivity (Wildman–Crippen MR) is 180 cm³/mol. The minimum atomic E-state index is -1.90. The number of carbonyl (C=O) groups is 3. The first-order valence-electron chi connectivity index (χ1n) is 16.0. The van der Waals surface area contributed by atoms with Gasteiger partial charge < -0.3 is 24.7 Å². The van der Waals surface area contributed by atoms with Crippen molar-refractivity contribution in [1.29, 1.82) is 0 Å². The van der Waals surface area contributed by atoms with E-state index in [0.717, 1.165) is 34.9 Å². The molecule has 3 amide bonds. The van der Waals surface area contributed by atoms with Crippen LogP contribution in [0, 0.1) is 5.92 Å². The number of rotatable bonds is 9. The van der Waals surface area contributed by atoms with Gasteiger partial charge in [-0.15, -0.1) is 0 Å². The molecule has 3 heterocycles. The highest BCUT2D eigenvalue weighted by Crippen LogP contribution is 2.48. The number of aliphatic hydroxyl groups is 2. The molecular formula is C38H37N3O6. The van der Waals surface area contributed by atoms with Crippen LogP contribution in [0.4, 0.5) is 17.1 Å². The smallest absolute Gasteiger partial charge is 0.264 e. The van der Waals surface area contributed by atoms with Gasteiger partial charge >= 0.3 is 0 Å². The minimum absolute atomic E-state index is 0.0599. The Morgan fingerprint density at radius 1 is 1.04 bits per heavy atom. The monoisotopic (exact) mass is 631 g/mol. The topological polar surface area (TPSA) is 111 Å². The van der Waals surface area contributed by atoms with Gasteiger partial charge in [-0.3, -0.25) is 19.3 Å². The van der Waals surface area contributed by atoms with E-state index in [1.54, 1.807) is 52.0 Å². The molecule has 0 saturated carbocycles. The summed E-state index contributed by atoms with van der Waals surface area (Å²) in [5.74, 6) is -0.833. The Hall–Kier alpha value is -4.99. The van der Waals surface area contributed by atoms with E-state index in [-0.39, 0.29) is 37.4 Å². The lowest BCUT2D eigenvalue weighted by atomic mass is 9.83. The average Bonchev–Trinajstić information content (AvgIpc) is 3.75. The number of hydrogen-bond donors (Lipinski definition) is 2. The van der Waals surface area contributed by atoms with Gasteiger partial charge in [-0.2, -0.15) is 0 Å². The number of carbonyl (C=O) groups excluding carboxylic acids is 3. The summed E-state index contributed by atoms with van der Waals surface area (Å²) in [6, 6.07) is 24.2. The van der Waals surface area contributed by atoms with E-state index in [9.17, 15) is 24.6 Å². The van der Waals surface area contributed by atoms with Gasteiger partial charge in [-0.1, -0.05) is 55.5 Å². The van der Waals surface area contributed by atoms with Gasteiger partial charge in [-0.25, -0.2) is 0 Å². The lowest BCUT2D eigenvalue weighted by Gasteiger charge is -2.28. The number of ether oxygens (including phenoxy) is 1. The zero-order valence-corrected chi connectivity index (χ0v) is 26.4. The summed E-state index contributed by atoms with van der Waals surface area (Å²) >= 11 is 0. The van der Waals surface area contributed by atoms with Crippen molar-refractivity contribution in [2.75, 3.05) is 30.1 Å². The summed E-state index contributed by atoms with van der Waals surface area (Å²) in [7, 11) is 1.53. The average molecular weight is 632 g/mol. The van der Waals surface area contributed by atoms with Gasteiger partial charge in [-0.05, 0) is 66.3 Å². The molecule has 1 saturated heterocycles. The third kappa shape index (κ3) is 4.97. The van der Waals surface area contributed by atoms with Crippen LogP contribution in [0.3, 0.4) is 0 Å². The maximum absolute atomic E-state index is 14.2. The molecular weight excluding hydrogens is 594 g/mol.